The summed E-state index contributed by atoms with van der Waals surface area (Å²) in [5.74, 6) is 1.52. The third-order valence-electron chi connectivity index (χ3n) is 3.24. The van der Waals surface area contributed by atoms with Crippen LogP contribution < -0.4 is 14.8 Å². The van der Waals surface area contributed by atoms with E-state index in [1.165, 1.54) is 5.56 Å². The molecule has 0 spiro atoms. The highest BCUT2D eigenvalue weighted by atomic mass is 16.5. The Bertz CT molecular complexity index is 382. The van der Waals surface area contributed by atoms with Crippen LogP contribution in [0.2, 0.25) is 0 Å². The molecule has 1 unspecified atom stereocenters. The van der Waals surface area contributed by atoms with Crippen LogP contribution in [0.15, 0.2) is 18.2 Å². The Morgan fingerprint density at radius 2 is 2.05 bits per heavy atom. The molecule has 20 heavy (non-hydrogen) atoms. The fourth-order valence-electron chi connectivity index (χ4n) is 1.99. The lowest BCUT2D eigenvalue weighted by Crippen LogP contribution is -2.36. The number of nitrogens with one attached hydrogen (secondary N) is 1. The molecule has 0 radical (unpaired) electrons. The standard InChI is InChI=1S/C16H27NO3/c1-4-9-17-14(8-10-18)12-20-15-7-6-13(5-2)11-16(15)19-3/h6-7,11,14,17-18H,4-5,8-10,12H2,1-3H3. The van der Waals surface area contributed by atoms with Gasteiger partial charge < -0.3 is 19.9 Å². The van der Waals surface area contributed by atoms with E-state index >= 15 is 0 Å². The molecule has 0 aliphatic heterocycles. The molecule has 0 amide bonds. The topological polar surface area (TPSA) is 50.7 Å². The van der Waals surface area contributed by atoms with Gasteiger partial charge in [0, 0.05) is 12.6 Å². The van der Waals surface area contributed by atoms with Gasteiger partial charge in [0.1, 0.15) is 6.61 Å². The first-order chi connectivity index (χ1) is 9.74. The third-order valence-corrected chi connectivity index (χ3v) is 3.24. The van der Waals surface area contributed by atoms with Crippen molar-refractivity contribution >= 4 is 0 Å². The first-order valence-electron chi connectivity index (χ1n) is 7.39. The minimum absolute atomic E-state index is 0.163. The molecule has 1 rings (SSSR count). The van der Waals surface area contributed by atoms with Crippen LogP contribution in [0.5, 0.6) is 11.5 Å². The van der Waals surface area contributed by atoms with Crippen LogP contribution in [-0.4, -0.2) is 38.0 Å². The molecule has 0 saturated heterocycles. The summed E-state index contributed by atoms with van der Waals surface area (Å²) in [5, 5.41) is 12.5. The Hall–Kier alpha value is -1.26. The minimum Gasteiger partial charge on any atom is -0.493 e. The fraction of sp³-hybridized carbons (Fsp3) is 0.625. The zero-order valence-corrected chi connectivity index (χ0v) is 12.8. The van der Waals surface area contributed by atoms with E-state index in [4.69, 9.17) is 14.6 Å². The number of benzene rings is 1. The lowest BCUT2D eigenvalue weighted by molar-refractivity contribution is 0.209. The number of ether oxygens (including phenoxy) is 2. The quantitative estimate of drug-likeness (QED) is 0.691. The number of hydrogen-bond acceptors (Lipinski definition) is 4. The van der Waals surface area contributed by atoms with Crippen LogP contribution in [0.25, 0.3) is 0 Å². The second kappa shape index (κ2) is 9.61. The maximum atomic E-state index is 9.08. The highest BCUT2D eigenvalue weighted by Gasteiger charge is 2.11. The summed E-state index contributed by atoms with van der Waals surface area (Å²) in [6.45, 7) is 5.86. The van der Waals surface area contributed by atoms with E-state index in [1.807, 2.05) is 12.1 Å². The molecule has 0 bridgehead atoms. The van der Waals surface area contributed by atoms with Gasteiger partial charge in [-0.2, -0.15) is 0 Å². The largest absolute Gasteiger partial charge is 0.493 e. The molecule has 0 heterocycles. The summed E-state index contributed by atoms with van der Waals surface area (Å²) in [4.78, 5) is 0. The third kappa shape index (κ3) is 5.39. The van der Waals surface area contributed by atoms with E-state index in [9.17, 15) is 0 Å². The average molecular weight is 281 g/mol. The number of aliphatic hydroxyl groups excluding tert-OH is 1. The lowest BCUT2D eigenvalue weighted by Gasteiger charge is -2.19. The smallest absolute Gasteiger partial charge is 0.161 e. The molecule has 0 fully saturated rings. The van der Waals surface area contributed by atoms with Gasteiger partial charge in [-0.15, -0.1) is 0 Å². The number of rotatable bonds is 10. The van der Waals surface area contributed by atoms with Crippen LogP contribution in [0.1, 0.15) is 32.3 Å². The van der Waals surface area contributed by atoms with Crippen LogP contribution in [0.3, 0.4) is 0 Å². The van der Waals surface area contributed by atoms with Gasteiger partial charge in [-0.05, 0) is 43.5 Å². The van der Waals surface area contributed by atoms with Gasteiger partial charge in [0.25, 0.3) is 0 Å². The van der Waals surface area contributed by atoms with Crippen molar-refractivity contribution in [2.45, 2.75) is 39.2 Å². The van der Waals surface area contributed by atoms with Crippen LogP contribution >= 0.6 is 0 Å². The molecular formula is C16H27NO3. The Balaban J connectivity index is 2.61. The van der Waals surface area contributed by atoms with Crippen molar-refractivity contribution in [2.24, 2.45) is 0 Å². The predicted octanol–water partition coefficient (Wildman–Crippen LogP) is 2.39. The van der Waals surface area contributed by atoms with Crippen LogP contribution in [-0.2, 0) is 6.42 Å². The van der Waals surface area contributed by atoms with E-state index in [-0.39, 0.29) is 12.6 Å². The van der Waals surface area contributed by atoms with E-state index in [0.29, 0.717) is 13.0 Å². The zero-order valence-electron chi connectivity index (χ0n) is 12.8. The SMILES string of the molecule is CCCNC(CCO)COc1ccc(CC)cc1OC. The van der Waals surface area contributed by atoms with Crippen molar-refractivity contribution < 1.29 is 14.6 Å². The maximum absolute atomic E-state index is 9.08. The van der Waals surface area contributed by atoms with Crippen LogP contribution in [0, 0.1) is 0 Å². The number of aliphatic hydroxyl groups is 1. The summed E-state index contributed by atoms with van der Waals surface area (Å²) < 4.78 is 11.2. The summed E-state index contributed by atoms with van der Waals surface area (Å²) in [7, 11) is 1.65. The molecule has 0 aliphatic carbocycles. The molecule has 114 valence electrons. The van der Waals surface area contributed by atoms with Crippen molar-refractivity contribution in [3.05, 3.63) is 23.8 Å². The molecule has 2 N–H and O–H groups in total. The Labute approximate surface area is 122 Å². The van der Waals surface area contributed by atoms with E-state index in [0.717, 1.165) is 30.9 Å². The molecular weight excluding hydrogens is 254 g/mol. The molecule has 0 saturated carbocycles. The first-order valence-corrected chi connectivity index (χ1v) is 7.39. The van der Waals surface area contributed by atoms with E-state index in [2.05, 4.69) is 25.2 Å². The predicted molar refractivity (Wildman–Crippen MR) is 81.7 cm³/mol. The molecule has 4 nitrogen and oxygen atoms in total. The average Bonchev–Trinajstić information content (AvgIpc) is 2.49. The summed E-state index contributed by atoms with van der Waals surface area (Å²) in [6, 6.07) is 6.18. The lowest BCUT2D eigenvalue weighted by atomic mass is 10.1. The molecule has 1 aromatic carbocycles. The molecule has 1 atom stereocenters. The van der Waals surface area contributed by atoms with Gasteiger partial charge >= 0.3 is 0 Å². The van der Waals surface area contributed by atoms with Crippen molar-refractivity contribution in [1.29, 1.82) is 0 Å². The molecule has 0 aromatic heterocycles. The van der Waals surface area contributed by atoms with E-state index in [1.54, 1.807) is 7.11 Å². The zero-order chi connectivity index (χ0) is 14.8. The summed E-state index contributed by atoms with van der Waals surface area (Å²) >= 11 is 0. The number of methoxy groups -OCH3 is 1. The number of aryl methyl sites for hydroxylation is 1. The highest BCUT2D eigenvalue weighted by molar-refractivity contribution is 5.42. The fourth-order valence-corrected chi connectivity index (χ4v) is 1.99. The monoisotopic (exact) mass is 281 g/mol. The highest BCUT2D eigenvalue weighted by Crippen LogP contribution is 2.28. The normalized spacial score (nSPS) is 12.2. The molecule has 0 aliphatic rings. The molecule has 4 heteroatoms. The van der Waals surface area contributed by atoms with Crippen molar-refractivity contribution in [3.63, 3.8) is 0 Å². The van der Waals surface area contributed by atoms with Gasteiger partial charge in [-0.1, -0.05) is 19.9 Å². The van der Waals surface area contributed by atoms with E-state index < -0.39 is 0 Å². The van der Waals surface area contributed by atoms with Crippen molar-refractivity contribution in [1.82, 2.24) is 5.32 Å². The second-order valence-electron chi connectivity index (χ2n) is 4.81. The van der Waals surface area contributed by atoms with Gasteiger partial charge in [0.2, 0.25) is 0 Å². The van der Waals surface area contributed by atoms with Crippen molar-refractivity contribution in [2.75, 3.05) is 26.9 Å². The number of hydrogen-bond donors (Lipinski definition) is 2. The summed E-state index contributed by atoms with van der Waals surface area (Å²) in [5.41, 5.74) is 1.23. The van der Waals surface area contributed by atoms with Gasteiger partial charge in [-0.25, -0.2) is 0 Å². The Kier molecular flexibility index (Phi) is 8.07. The van der Waals surface area contributed by atoms with Crippen molar-refractivity contribution in [3.8, 4) is 11.5 Å². The minimum atomic E-state index is 0.163. The van der Waals surface area contributed by atoms with Crippen LogP contribution in [0.4, 0.5) is 0 Å². The van der Waals surface area contributed by atoms with Gasteiger partial charge in [0.15, 0.2) is 11.5 Å². The van der Waals surface area contributed by atoms with Gasteiger partial charge in [0.05, 0.1) is 7.11 Å². The first kappa shape index (κ1) is 16.8. The second-order valence-corrected chi connectivity index (χ2v) is 4.81. The summed E-state index contributed by atoms with van der Waals surface area (Å²) in [6.07, 6.45) is 2.73. The maximum Gasteiger partial charge on any atom is 0.161 e. The Morgan fingerprint density at radius 3 is 2.65 bits per heavy atom. The molecule has 1 aromatic rings. The Morgan fingerprint density at radius 1 is 1.25 bits per heavy atom. The van der Waals surface area contributed by atoms with Gasteiger partial charge in [-0.3, -0.25) is 0 Å².